The van der Waals surface area contributed by atoms with Crippen LogP contribution in [-0.4, -0.2) is 29.9 Å². The van der Waals surface area contributed by atoms with Crippen LogP contribution in [0.1, 0.15) is 22.5 Å². The molecule has 6 nitrogen and oxygen atoms in total. The van der Waals surface area contributed by atoms with E-state index < -0.39 is 5.82 Å². The molecule has 0 aliphatic carbocycles. The average molecular weight is 491 g/mol. The number of carbonyl (C=O) groups is 1. The molecule has 0 bridgehead atoms. The van der Waals surface area contributed by atoms with Crippen LogP contribution in [0.2, 0.25) is 0 Å². The Bertz CT molecular complexity index is 765. The number of hydrogen-bond donors (Lipinski definition) is 3. The average Bonchev–Trinajstić information content (AvgIpc) is 2.88. The van der Waals surface area contributed by atoms with Crippen molar-refractivity contribution in [2.45, 2.75) is 27.3 Å². The van der Waals surface area contributed by atoms with E-state index in [1.54, 1.807) is 23.5 Å². The first-order chi connectivity index (χ1) is 12.0. The zero-order valence-corrected chi connectivity index (χ0v) is 18.1. The predicted octanol–water partition coefficient (Wildman–Crippen LogP) is 3.21. The summed E-state index contributed by atoms with van der Waals surface area (Å²) in [6.07, 6.45) is 0. The number of thiazole rings is 1. The van der Waals surface area contributed by atoms with E-state index in [0.29, 0.717) is 24.7 Å². The maximum Gasteiger partial charge on any atom is 0.246 e. The van der Waals surface area contributed by atoms with Gasteiger partial charge in [0.25, 0.3) is 0 Å². The van der Waals surface area contributed by atoms with Gasteiger partial charge in [0.2, 0.25) is 5.91 Å². The van der Waals surface area contributed by atoms with Crippen molar-refractivity contribution in [1.29, 1.82) is 0 Å². The zero-order valence-electron chi connectivity index (χ0n) is 14.9. The third kappa shape index (κ3) is 7.24. The van der Waals surface area contributed by atoms with Gasteiger partial charge in [-0.1, -0.05) is 6.07 Å². The highest BCUT2D eigenvalue weighted by Gasteiger charge is 2.07. The summed E-state index contributed by atoms with van der Waals surface area (Å²) in [5.41, 5.74) is 1.41. The largest absolute Gasteiger partial charge is 0.357 e. The second-order valence-electron chi connectivity index (χ2n) is 5.35. The number of nitrogens with one attached hydrogen (secondary N) is 3. The topological polar surface area (TPSA) is 78.4 Å². The number of halogens is 2. The van der Waals surface area contributed by atoms with Crippen LogP contribution in [-0.2, 0) is 11.3 Å². The molecule has 1 heterocycles. The van der Waals surface area contributed by atoms with Gasteiger partial charge in [0.05, 0.1) is 17.2 Å². The van der Waals surface area contributed by atoms with Crippen LogP contribution in [0, 0.1) is 19.7 Å². The number of anilines is 1. The van der Waals surface area contributed by atoms with Gasteiger partial charge in [0.15, 0.2) is 5.96 Å². The van der Waals surface area contributed by atoms with E-state index in [1.807, 2.05) is 20.8 Å². The molecule has 2 rings (SSSR count). The first-order valence-corrected chi connectivity index (χ1v) is 8.80. The Kier molecular flexibility index (Phi) is 9.49. The van der Waals surface area contributed by atoms with E-state index in [4.69, 9.17) is 0 Å². The van der Waals surface area contributed by atoms with Crippen LogP contribution in [0.15, 0.2) is 29.3 Å². The van der Waals surface area contributed by atoms with Crippen molar-refractivity contribution in [2.24, 2.45) is 4.99 Å². The number of benzene rings is 1. The summed E-state index contributed by atoms with van der Waals surface area (Å²) in [6, 6.07) is 5.76. The van der Waals surface area contributed by atoms with Crippen LogP contribution < -0.4 is 16.0 Å². The number of nitrogens with zero attached hydrogens (tertiary/aromatic N) is 2. The van der Waals surface area contributed by atoms with Gasteiger partial charge < -0.3 is 16.0 Å². The van der Waals surface area contributed by atoms with Gasteiger partial charge in [-0.25, -0.2) is 14.4 Å². The smallest absolute Gasteiger partial charge is 0.246 e. The normalized spacial score (nSPS) is 10.8. The van der Waals surface area contributed by atoms with Gasteiger partial charge in [-0.05, 0) is 39.0 Å². The second-order valence-corrected chi connectivity index (χ2v) is 6.64. The fourth-order valence-electron chi connectivity index (χ4n) is 2.16. The van der Waals surface area contributed by atoms with Crippen molar-refractivity contribution in [3.05, 3.63) is 45.7 Å². The Labute approximate surface area is 173 Å². The molecule has 26 heavy (non-hydrogen) atoms. The van der Waals surface area contributed by atoms with Crippen molar-refractivity contribution in [3.63, 3.8) is 0 Å². The van der Waals surface area contributed by atoms with E-state index in [1.165, 1.54) is 12.1 Å². The number of hydrogen-bond acceptors (Lipinski definition) is 4. The van der Waals surface area contributed by atoms with Crippen LogP contribution in [0.3, 0.4) is 0 Å². The molecular weight excluding hydrogens is 468 g/mol. The summed E-state index contributed by atoms with van der Waals surface area (Å²) in [5, 5.41) is 9.92. The van der Waals surface area contributed by atoms with Crippen LogP contribution in [0.5, 0.6) is 0 Å². The third-order valence-corrected chi connectivity index (χ3v) is 4.32. The van der Waals surface area contributed by atoms with E-state index >= 15 is 0 Å². The van der Waals surface area contributed by atoms with Crippen LogP contribution >= 0.6 is 35.3 Å². The molecule has 1 aromatic heterocycles. The highest BCUT2D eigenvalue weighted by Crippen LogP contribution is 2.16. The summed E-state index contributed by atoms with van der Waals surface area (Å²) in [5.74, 6) is -0.165. The number of rotatable bonds is 6. The van der Waals surface area contributed by atoms with Crippen molar-refractivity contribution < 1.29 is 9.18 Å². The number of carbonyl (C=O) groups excluding carboxylic acids is 1. The second kappa shape index (κ2) is 11.1. The summed E-state index contributed by atoms with van der Waals surface area (Å²) < 4.78 is 13.1. The van der Waals surface area contributed by atoms with Crippen LogP contribution in [0.25, 0.3) is 0 Å². The Morgan fingerprint density at radius 3 is 2.69 bits per heavy atom. The molecule has 0 aliphatic heterocycles. The molecule has 3 N–H and O–H groups in total. The highest BCUT2D eigenvalue weighted by atomic mass is 127. The molecule has 9 heteroatoms. The van der Waals surface area contributed by atoms with Crippen LogP contribution in [0.4, 0.5) is 10.1 Å². The Balaban J connectivity index is 0.00000338. The minimum absolute atomic E-state index is 0. The first-order valence-electron chi connectivity index (χ1n) is 7.98. The summed E-state index contributed by atoms with van der Waals surface area (Å²) in [6.45, 7) is 7.10. The lowest BCUT2D eigenvalue weighted by atomic mass is 10.3. The molecule has 0 aliphatic rings. The molecule has 0 spiro atoms. The van der Waals surface area contributed by atoms with E-state index in [2.05, 4.69) is 25.9 Å². The van der Waals surface area contributed by atoms with Gasteiger partial charge in [0, 0.05) is 17.1 Å². The quantitative estimate of drug-likeness (QED) is 0.330. The van der Waals surface area contributed by atoms with Gasteiger partial charge in [0.1, 0.15) is 12.4 Å². The van der Waals surface area contributed by atoms with Crippen molar-refractivity contribution >= 4 is 52.9 Å². The molecule has 0 radical (unpaired) electrons. The molecule has 142 valence electrons. The molecule has 0 atom stereocenters. The van der Waals surface area contributed by atoms with E-state index in [0.717, 1.165) is 15.6 Å². The summed E-state index contributed by atoms with van der Waals surface area (Å²) in [7, 11) is 0. The van der Waals surface area contributed by atoms with Gasteiger partial charge in [-0.15, -0.1) is 35.3 Å². The lowest BCUT2D eigenvalue weighted by Crippen LogP contribution is -2.37. The SMILES string of the molecule is CCNC(=NCC(=O)Nc1cccc(F)c1)NCc1sc(C)nc1C.I. The molecule has 0 saturated heterocycles. The Morgan fingerprint density at radius 1 is 1.31 bits per heavy atom. The maximum absolute atomic E-state index is 13.1. The minimum Gasteiger partial charge on any atom is -0.357 e. The first kappa shape index (κ1) is 22.3. The molecule has 0 saturated carbocycles. The molecular formula is C17H23FIN5OS. The highest BCUT2D eigenvalue weighted by molar-refractivity contribution is 14.0. The zero-order chi connectivity index (χ0) is 18.2. The molecule has 1 amide bonds. The van der Waals surface area contributed by atoms with Gasteiger partial charge in [-0.2, -0.15) is 0 Å². The molecule has 0 unspecified atom stereocenters. The molecule has 2 aromatic rings. The summed E-state index contributed by atoms with van der Waals surface area (Å²) >= 11 is 1.63. The maximum atomic E-state index is 13.1. The third-order valence-electron chi connectivity index (χ3n) is 3.25. The van der Waals surface area contributed by atoms with Crippen molar-refractivity contribution in [1.82, 2.24) is 15.6 Å². The lowest BCUT2D eigenvalue weighted by Gasteiger charge is -2.11. The number of aromatic nitrogens is 1. The van der Waals surface area contributed by atoms with Crippen molar-refractivity contribution in [2.75, 3.05) is 18.4 Å². The summed E-state index contributed by atoms with van der Waals surface area (Å²) in [4.78, 5) is 21.7. The van der Waals surface area contributed by atoms with E-state index in [-0.39, 0.29) is 36.4 Å². The Morgan fingerprint density at radius 2 is 2.08 bits per heavy atom. The lowest BCUT2D eigenvalue weighted by molar-refractivity contribution is -0.114. The number of aliphatic imine (C=N–C) groups is 1. The number of aryl methyl sites for hydroxylation is 2. The number of guanidine groups is 1. The molecule has 0 fully saturated rings. The monoisotopic (exact) mass is 491 g/mol. The van der Waals surface area contributed by atoms with Crippen molar-refractivity contribution in [3.8, 4) is 0 Å². The van der Waals surface area contributed by atoms with E-state index in [9.17, 15) is 9.18 Å². The number of amides is 1. The molecule has 1 aromatic carbocycles. The van der Waals surface area contributed by atoms with Gasteiger partial charge in [-0.3, -0.25) is 4.79 Å². The Hall–Kier alpha value is -1.75. The van der Waals surface area contributed by atoms with Gasteiger partial charge >= 0.3 is 0 Å². The predicted molar refractivity (Wildman–Crippen MR) is 115 cm³/mol. The minimum atomic E-state index is -0.397. The fourth-order valence-corrected chi connectivity index (χ4v) is 3.04. The fraction of sp³-hybridized carbons (Fsp3) is 0.353. The standard InChI is InChI=1S/C17H22FN5OS.HI/c1-4-19-17(20-9-15-11(2)22-12(3)25-15)21-10-16(24)23-14-7-5-6-13(18)8-14;/h5-8H,4,9-10H2,1-3H3,(H,23,24)(H2,19,20,21);1H.